The van der Waals surface area contributed by atoms with Crippen LogP contribution in [0.15, 0.2) is 40.9 Å². The van der Waals surface area contributed by atoms with E-state index in [1.54, 1.807) is 25.2 Å². The van der Waals surface area contributed by atoms with Gasteiger partial charge in [0, 0.05) is 23.7 Å². The zero-order chi connectivity index (χ0) is 15.4. The van der Waals surface area contributed by atoms with Crippen molar-refractivity contribution in [3.63, 3.8) is 0 Å². The Bertz CT molecular complexity index is 659. The van der Waals surface area contributed by atoms with Crippen molar-refractivity contribution in [3.05, 3.63) is 62.4 Å². The van der Waals surface area contributed by atoms with Gasteiger partial charge in [-0.3, -0.25) is 10.1 Å². The molecule has 0 aliphatic rings. The Hall–Kier alpha value is -2.15. The second-order valence-electron chi connectivity index (χ2n) is 4.25. The Kier molecular flexibility index (Phi) is 4.74. The average Bonchev–Trinajstić information content (AvgIpc) is 2.43. The summed E-state index contributed by atoms with van der Waals surface area (Å²) >= 11 is 3.17. The van der Waals surface area contributed by atoms with E-state index in [-0.39, 0.29) is 12.3 Å². The van der Waals surface area contributed by atoms with Crippen molar-refractivity contribution >= 4 is 27.3 Å². The Morgan fingerprint density at radius 2 is 2.10 bits per heavy atom. The molecule has 110 valence electrons. The van der Waals surface area contributed by atoms with Crippen molar-refractivity contribution in [2.45, 2.75) is 6.61 Å². The number of ether oxygens (including phenoxy) is 1. The number of hydrogen-bond acceptors (Lipinski definition) is 4. The zero-order valence-corrected chi connectivity index (χ0v) is 12.7. The lowest BCUT2D eigenvalue weighted by Crippen LogP contribution is -2.00. The van der Waals surface area contributed by atoms with Crippen LogP contribution in [0.5, 0.6) is 5.75 Å². The van der Waals surface area contributed by atoms with Crippen molar-refractivity contribution in [1.82, 2.24) is 0 Å². The van der Waals surface area contributed by atoms with Crippen LogP contribution in [0.2, 0.25) is 0 Å². The predicted molar refractivity (Wildman–Crippen MR) is 81.1 cm³/mol. The second-order valence-corrected chi connectivity index (χ2v) is 5.17. The van der Waals surface area contributed by atoms with Gasteiger partial charge in [-0.15, -0.1) is 0 Å². The normalized spacial score (nSPS) is 10.2. The molecule has 0 heterocycles. The summed E-state index contributed by atoms with van der Waals surface area (Å²) < 4.78 is 19.2. The van der Waals surface area contributed by atoms with Crippen LogP contribution in [0.4, 0.5) is 15.8 Å². The Balaban J connectivity index is 2.16. The van der Waals surface area contributed by atoms with Crippen LogP contribution >= 0.6 is 15.9 Å². The van der Waals surface area contributed by atoms with E-state index < -0.39 is 10.7 Å². The lowest BCUT2D eigenvalue weighted by atomic mass is 10.2. The molecule has 0 saturated carbocycles. The third-order valence-electron chi connectivity index (χ3n) is 2.77. The highest BCUT2D eigenvalue weighted by atomic mass is 79.9. The van der Waals surface area contributed by atoms with E-state index in [0.29, 0.717) is 21.5 Å². The molecule has 2 aromatic carbocycles. The molecule has 0 bridgehead atoms. The summed E-state index contributed by atoms with van der Waals surface area (Å²) in [7, 11) is 1.61. The van der Waals surface area contributed by atoms with Crippen LogP contribution < -0.4 is 10.1 Å². The maximum absolute atomic E-state index is 13.2. The largest absolute Gasteiger partial charge is 0.489 e. The summed E-state index contributed by atoms with van der Waals surface area (Å²) in [5, 5.41) is 13.7. The number of nitrogens with zero attached hydrogens (tertiary/aromatic N) is 1. The number of nitrogens with one attached hydrogen (secondary N) is 1. The smallest absolute Gasteiger partial charge is 0.292 e. The topological polar surface area (TPSA) is 64.4 Å². The SMILES string of the molecule is CNc1ccc(COc2cc(F)cc(Br)c2)cc1[N+](=O)[O-]. The van der Waals surface area contributed by atoms with E-state index in [2.05, 4.69) is 21.2 Å². The predicted octanol–water partition coefficient (Wildman–Crippen LogP) is 4.12. The molecule has 0 radical (unpaired) electrons. The van der Waals surface area contributed by atoms with Crippen molar-refractivity contribution in [2.24, 2.45) is 0 Å². The second kappa shape index (κ2) is 6.53. The van der Waals surface area contributed by atoms with Gasteiger partial charge in [-0.05, 0) is 23.8 Å². The molecule has 21 heavy (non-hydrogen) atoms. The molecular weight excluding hydrogens is 343 g/mol. The molecule has 0 fully saturated rings. The van der Waals surface area contributed by atoms with Gasteiger partial charge in [-0.2, -0.15) is 0 Å². The molecule has 5 nitrogen and oxygen atoms in total. The van der Waals surface area contributed by atoms with E-state index in [9.17, 15) is 14.5 Å². The molecule has 0 amide bonds. The van der Waals surface area contributed by atoms with Crippen LogP contribution in [0.1, 0.15) is 5.56 Å². The molecule has 2 rings (SSSR count). The van der Waals surface area contributed by atoms with Gasteiger partial charge in [0.1, 0.15) is 23.9 Å². The van der Waals surface area contributed by atoms with Gasteiger partial charge in [0.2, 0.25) is 0 Å². The highest BCUT2D eigenvalue weighted by Crippen LogP contribution is 2.26. The Morgan fingerprint density at radius 3 is 2.71 bits per heavy atom. The van der Waals surface area contributed by atoms with Crippen molar-refractivity contribution in [1.29, 1.82) is 0 Å². The number of halogens is 2. The van der Waals surface area contributed by atoms with Crippen LogP contribution in [0, 0.1) is 15.9 Å². The molecule has 1 N–H and O–H groups in total. The molecule has 0 aliphatic carbocycles. The first-order valence-electron chi connectivity index (χ1n) is 6.03. The van der Waals surface area contributed by atoms with Gasteiger partial charge in [-0.25, -0.2) is 4.39 Å². The number of anilines is 1. The van der Waals surface area contributed by atoms with E-state index in [1.807, 2.05) is 0 Å². The van der Waals surface area contributed by atoms with E-state index in [0.717, 1.165) is 0 Å². The summed E-state index contributed by atoms with van der Waals surface area (Å²) in [4.78, 5) is 10.5. The van der Waals surface area contributed by atoms with E-state index in [1.165, 1.54) is 18.2 Å². The first kappa shape index (κ1) is 15.2. The zero-order valence-electron chi connectivity index (χ0n) is 11.1. The third-order valence-corrected chi connectivity index (χ3v) is 3.23. The quantitative estimate of drug-likeness (QED) is 0.647. The number of hydrogen-bond donors (Lipinski definition) is 1. The lowest BCUT2D eigenvalue weighted by Gasteiger charge is -2.08. The molecule has 2 aromatic rings. The molecular formula is C14H12BrFN2O3. The molecule has 0 spiro atoms. The third kappa shape index (κ3) is 3.91. The summed E-state index contributed by atoms with van der Waals surface area (Å²) in [5.41, 5.74) is 1.03. The molecule has 0 aliphatic heterocycles. The average molecular weight is 355 g/mol. The van der Waals surface area contributed by atoms with Gasteiger partial charge < -0.3 is 10.1 Å². The number of rotatable bonds is 5. The lowest BCUT2D eigenvalue weighted by molar-refractivity contribution is -0.384. The molecule has 0 saturated heterocycles. The summed E-state index contributed by atoms with van der Waals surface area (Å²) in [6, 6.07) is 8.95. The summed E-state index contributed by atoms with van der Waals surface area (Å²) in [6.07, 6.45) is 0. The number of benzene rings is 2. The first-order valence-corrected chi connectivity index (χ1v) is 6.83. The number of nitro groups is 1. The van der Waals surface area contributed by atoms with Crippen LogP contribution in [-0.2, 0) is 6.61 Å². The standard InChI is InChI=1S/C14H12BrFN2O3/c1-17-13-3-2-9(4-14(13)18(19)20)8-21-12-6-10(15)5-11(16)7-12/h2-7,17H,8H2,1H3. The molecule has 0 atom stereocenters. The van der Waals surface area contributed by atoms with Crippen molar-refractivity contribution in [2.75, 3.05) is 12.4 Å². The minimum absolute atomic E-state index is 0.0287. The van der Waals surface area contributed by atoms with E-state index >= 15 is 0 Å². The Labute approximate surface area is 129 Å². The van der Waals surface area contributed by atoms with Gasteiger partial charge in [0.05, 0.1) is 4.92 Å². The van der Waals surface area contributed by atoms with Gasteiger partial charge in [0.25, 0.3) is 5.69 Å². The van der Waals surface area contributed by atoms with Gasteiger partial charge in [0.15, 0.2) is 0 Å². The van der Waals surface area contributed by atoms with Crippen molar-refractivity contribution < 1.29 is 14.1 Å². The summed E-state index contributed by atoms with van der Waals surface area (Å²) in [5.74, 6) is -0.0712. The van der Waals surface area contributed by atoms with Crippen LogP contribution in [0.25, 0.3) is 0 Å². The molecule has 0 aromatic heterocycles. The van der Waals surface area contributed by atoms with E-state index in [4.69, 9.17) is 4.74 Å². The fourth-order valence-corrected chi connectivity index (χ4v) is 2.25. The molecule has 7 heteroatoms. The number of nitro benzene ring substituents is 1. The first-order chi connectivity index (χ1) is 9.99. The fraction of sp³-hybridized carbons (Fsp3) is 0.143. The summed E-state index contributed by atoms with van der Waals surface area (Å²) in [6.45, 7) is 0.112. The maximum Gasteiger partial charge on any atom is 0.292 e. The highest BCUT2D eigenvalue weighted by Gasteiger charge is 2.13. The minimum Gasteiger partial charge on any atom is -0.489 e. The minimum atomic E-state index is -0.464. The van der Waals surface area contributed by atoms with Gasteiger partial charge in [-0.1, -0.05) is 22.0 Å². The van der Waals surface area contributed by atoms with Gasteiger partial charge >= 0.3 is 0 Å². The van der Waals surface area contributed by atoms with Crippen molar-refractivity contribution in [3.8, 4) is 5.75 Å². The molecule has 0 unspecified atom stereocenters. The van der Waals surface area contributed by atoms with Crippen LogP contribution in [0.3, 0.4) is 0 Å². The maximum atomic E-state index is 13.2. The van der Waals surface area contributed by atoms with Crippen LogP contribution in [-0.4, -0.2) is 12.0 Å². The Morgan fingerprint density at radius 1 is 1.33 bits per heavy atom. The fourth-order valence-electron chi connectivity index (χ4n) is 1.81. The monoisotopic (exact) mass is 354 g/mol. The highest BCUT2D eigenvalue weighted by molar-refractivity contribution is 9.10.